The van der Waals surface area contributed by atoms with Gasteiger partial charge in [0.15, 0.2) is 0 Å². The Labute approximate surface area is 114 Å². The Balaban J connectivity index is 2.00. The van der Waals surface area contributed by atoms with Crippen molar-refractivity contribution in [1.82, 2.24) is 15.1 Å². The molecule has 0 fully saturated rings. The zero-order valence-electron chi connectivity index (χ0n) is 10.5. The number of hydrogen-bond acceptors (Lipinski definition) is 5. The third-order valence-electron chi connectivity index (χ3n) is 2.77. The van der Waals surface area contributed by atoms with Gasteiger partial charge in [-0.2, -0.15) is 16.4 Å². The Bertz CT molecular complexity index is 550. The highest BCUT2D eigenvalue weighted by molar-refractivity contribution is 7.07. The van der Waals surface area contributed by atoms with Gasteiger partial charge in [-0.05, 0) is 29.3 Å². The summed E-state index contributed by atoms with van der Waals surface area (Å²) in [6, 6.07) is 1.83. The van der Waals surface area contributed by atoms with Gasteiger partial charge in [-0.1, -0.05) is 0 Å². The number of aliphatic hydroxyl groups excluding tert-OH is 1. The third-order valence-corrected chi connectivity index (χ3v) is 3.47. The number of hydrogen-bond donors (Lipinski definition) is 3. The summed E-state index contributed by atoms with van der Waals surface area (Å²) in [4.78, 5) is 12.0. The fourth-order valence-electron chi connectivity index (χ4n) is 1.74. The van der Waals surface area contributed by atoms with Crippen LogP contribution >= 0.6 is 11.3 Å². The standard InChI is InChI=1S/C12H16N4O2S/c1-2-16-11(9(13)5-15-16)12(18)14-6-10(17)8-3-4-19-7-8/h3-5,7,10,17H,2,6,13H2,1H3,(H,14,18). The second kappa shape index (κ2) is 5.85. The van der Waals surface area contributed by atoms with Gasteiger partial charge >= 0.3 is 0 Å². The van der Waals surface area contributed by atoms with E-state index >= 15 is 0 Å². The molecule has 0 aromatic carbocycles. The molecular formula is C12H16N4O2S. The molecule has 102 valence electrons. The molecule has 2 rings (SSSR count). The second-order valence-corrected chi connectivity index (χ2v) is 4.83. The van der Waals surface area contributed by atoms with E-state index in [2.05, 4.69) is 10.4 Å². The highest BCUT2D eigenvalue weighted by Crippen LogP contribution is 2.16. The molecule has 2 aromatic heterocycles. The summed E-state index contributed by atoms with van der Waals surface area (Å²) in [6.07, 6.45) is 0.739. The maximum Gasteiger partial charge on any atom is 0.271 e. The predicted molar refractivity (Wildman–Crippen MR) is 73.9 cm³/mol. The van der Waals surface area contributed by atoms with Crippen molar-refractivity contribution >= 4 is 22.9 Å². The lowest BCUT2D eigenvalue weighted by atomic mass is 10.2. The summed E-state index contributed by atoms with van der Waals surface area (Å²) >= 11 is 1.50. The van der Waals surface area contributed by atoms with Crippen molar-refractivity contribution in [3.63, 3.8) is 0 Å². The molecule has 1 atom stereocenters. The monoisotopic (exact) mass is 280 g/mol. The van der Waals surface area contributed by atoms with Crippen LogP contribution in [-0.2, 0) is 6.54 Å². The average Bonchev–Trinajstić information content (AvgIpc) is 3.04. The molecule has 1 amide bonds. The van der Waals surface area contributed by atoms with E-state index in [1.807, 2.05) is 23.8 Å². The first-order valence-electron chi connectivity index (χ1n) is 5.93. The number of nitrogens with two attached hydrogens (primary N) is 1. The van der Waals surface area contributed by atoms with E-state index in [1.165, 1.54) is 22.2 Å². The molecule has 19 heavy (non-hydrogen) atoms. The van der Waals surface area contributed by atoms with Crippen LogP contribution in [0.25, 0.3) is 0 Å². The number of anilines is 1. The average molecular weight is 280 g/mol. The number of thiophene rings is 1. The van der Waals surface area contributed by atoms with Gasteiger partial charge < -0.3 is 16.2 Å². The molecule has 0 aliphatic heterocycles. The van der Waals surface area contributed by atoms with Gasteiger partial charge in [-0.3, -0.25) is 9.48 Å². The van der Waals surface area contributed by atoms with Crippen molar-refractivity contribution in [3.8, 4) is 0 Å². The van der Waals surface area contributed by atoms with Crippen molar-refractivity contribution in [2.45, 2.75) is 19.6 Å². The molecule has 2 aromatic rings. The SMILES string of the molecule is CCn1ncc(N)c1C(=O)NCC(O)c1ccsc1. The maximum atomic E-state index is 12.0. The maximum absolute atomic E-state index is 12.0. The zero-order chi connectivity index (χ0) is 13.8. The van der Waals surface area contributed by atoms with E-state index in [0.29, 0.717) is 17.9 Å². The smallest absolute Gasteiger partial charge is 0.271 e. The summed E-state index contributed by atoms with van der Waals surface area (Å²) in [5.41, 5.74) is 7.18. The first kappa shape index (κ1) is 13.6. The highest BCUT2D eigenvalue weighted by Gasteiger charge is 2.17. The van der Waals surface area contributed by atoms with E-state index in [4.69, 9.17) is 5.73 Å². The number of carbonyl (C=O) groups excluding carboxylic acids is 1. The van der Waals surface area contributed by atoms with E-state index in [1.54, 1.807) is 0 Å². The van der Waals surface area contributed by atoms with Gasteiger partial charge in [0.1, 0.15) is 5.69 Å². The Kier molecular flexibility index (Phi) is 4.18. The van der Waals surface area contributed by atoms with E-state index < -0.39 is 6.10 Å². The highest BCUT2D eigenvalue weighted by atomic mass is 32.1. The summed E-state index contributed by atoms with van der Waals surface area (Å²) < 4.78 is 1.53. The minimum absolute atomic E-state index is 0.143. The van der Waals surface area contributed by atoms with E-state index in [0.717, 1.165) is 5.56 Å². The topological polar surface area (TPSA) is 93.2 Å². The normalized spacial score (nSPS) is 12.3. The van der Waals surface area contributed by atoms with Crippen molar-refractivity contribution in [3.05, 3.63) is 34.3 Å². The first-order chi connectivity index (χ1) is 9.13. The Morgan fingerprint density at radius 1 is 1.68 bits per heavy atom. The molecule has 0 spiro atoms. The van der Waals surface area contributed by atoms with Gasteiger partial charge in [-0.15, -0.1) is 0 Å². The van der Waals surface area contributed by atoms with Crippen LogP contribution in [0.15, 0.2) is 23.0 Å². The molecule has 4 N–H and O–H groups in total. The number of aryl methyl sites for hydroxylation is 1. The van der Waals surface area contributed by atoms with Gasteiger partial charge in [0.25, 0.3) is 5.91 Å². The second-order valence-electron chi connectivity index (χ2n) is 4.05. The zero-order valence-corrected chi connectivity index (χ0v) is 11.4. The van der Waals surface area contributed by atoms with Crippen molar-refractivity contribution < 1.29 is 9.90 Å². The Morgan fingerprint density at radius 2 is 2.47 bits per heavy atom. The van der Waals surface area contributed by atoms with Gasteiger partial charge in [-0.25, -0.2) is 0 Å². The lowest BCUT2D eigenvalue weighted by molar-refractivity contribution is 0.0907. The molecule has 6 nitrogen and oxygen atoms in total. The predicted octanol–water partition coefficient (Wildman–Crippen LogP) is 1.01. The first-order valence-corrected chi connectivity index (χ1v) is 6.87. The Morgan fingerprint density at radius 3 is 3.11 bits per heavy atom. The van der Waals surface area contributed by atoms with Crippen LogP contribution in [-0.4, -0.2) is 27.3 Å². The number of carbonyl (C=O) groups is 1. The molecule has 2 heterocycles. The van der Waals surface area contributed by atoms with Crippen LogP contribution in [0.1, 0.15) is 29.1 Å². The molecule has 0 aliphatic carbocycles. The summed E-state index contributed by atoms with van der Waals surface area (Å²) in [5, 5.41) is 20.3. The molecule has 0 aliphatic rings. The van der Waals surface area contributed by atoms with Crippen molar-refractivity contribution in [2.24, 2.45) is 0 Å². The van der Waals surface area contributed by atoms with Crippen LogP contribution < -0.4 is 11.1 Å². The molecule has 0 radical (unpaired) electrons. The fraction of sp³-hybridized carbons (Fsp3) is 0.333. The molecule has 0 bridgehead atoms. The van der Waals surface area contributed by atoms with E-state index in [-0.39, 0.29) is 12.5 Å². The summed E-state index contributed by atoms with van der Waals surface area (Å²) in [5.74, 6) is -0.328. The number of nitrogen functional groups attached to an aromatic ring is 1. The lowest BCUT2D eigenvalue weighted by Crippen LogP contribution is -2.30. The molecule has 0 saturated carbocycles. The number of rotatable bonds is 5. The molecule has 1 unspecified atom stereocenters. The number of aliphatic hydroxyl groups is 1. The Hall–Kier alpha value is -1.86. The molecular weight excluding hydrogens is 264 g/mol. The van der Waals surface area contributed by atoms with Gasteiger partial charge in [0, 0.05) is 13.1 Å². The van der Waals surface area contributed by atoms with Crippen LogP contribution in [0.2, 0.25) is 0 Å². The summed E-state index contributed by atoms with van der Waals surface area (Å²) in [7, 11) is 0. The van der Waals surface area contributed by atoms with Crippen molar-refractivity contribution in [1.29, 1.82) is 0 Å². The van der Waals surface area contributed by atoms with Crippen LogP contribution in [0.4, 0.5) is 5.69 Å². The largest absolute Gasteiger partial charge is 0.396 e. The quantitative estimate of drug-likeness (QED) is 0.762. The van der Waals surface area contributed by atoms with Gasteiger partial charge in [0.2, 0.25) is 0 Å². The van der Waals surface area contributed by atoms with Crippen molar-refractivity contribution in [2.75, 3.05) is 12.3 Å². The lowest BCUT2D eigenvalue weighted by Gasteiger charge is -2.11. The van der Waals surface area contributed by atoms with Crippen LogP contribution in [0.3, 0.4) is 0 Å². The third kappa shape index (κ3) is 2.94. The number of nitrogens with zero attached hydrogens (tertiary/aromatic N) is 2. The minimum atomic E-state index is -0.713. The number of aromatic nitrogens is 2. The molecule has 0 saturated heterocycles. The number of amides is 1. The van der Waals surface area contributed by atoms with E-state index in [9.17, 15) is 9.90 Å². The molecule has 7 heteroatoms. The van der Waals surface area contributed by atoms with Crippen LogP contribution in [0, 0.1) is 0 Å². The van der Waals surface area contributed by atoms with Gasteiger partial charge in [0.05, 0.1) is 18.0 Å². The van der Waals surface area contributed by atoms with Crippen LogP contribution in [0.5, 0.6) is 0 Å². The summed E-state index contributed by atoms with van der Waals surface area (Å²) in [6.45, 7) is 2.58. The number of nitrogens with one attached hydrogen (secondary N) is 1. The fourth-order valence-corrected chi connectivity index (χ4v) is 2.45. The minimum Gasteiger partial charge on any atom is -0.396 e.